The maximum Gasteiger partial charge on any atom is 0.263 e. The topological polar surface area (TPSA) is 100 Å². The molecule has 0 aliphatic carbocycles. The first-order chi connectivity index (χ1) is 20.8. The van der Waals surface area contributed by atoms with E-state index in [4.69, 9.17) is 9.47 Å². The molecule has 2 N–H and O–H groups in total. The molecule has 1 heterocycles. The summed E-state index contributed by atoms with van der Waals surface area (Å²) in [4.78, 5) is 17.3. The number of nitrogens with zero attached hydrogens (tertiary/aromatic N) is 2. The average molecular weight is 605 g/mol. The molecule has 1 saturated heterocycles. The molecule has 9 nitrogen and oxygen atoms in total. The van der Waals surface area contributed by atoms with Crippen molar-refractivity contribution in [1.29, 1.82) is 0 Å². The molecule has 1 aliphatic rings. The molecule has 0 bridgehead atoms. The van der Waals surface area contributed by atoms with Crippen LogP contribution >= 0.6 is 0 Å². The molecule has 1 amide bonds. The Labute approximate surface area is 250 Å². The molecule has 11 heteroatoms. The lowest BCUT2D eigenvalue weighted by molar-refractivity contribution is 0.0746. The van der Waals surface area contributed by atoms with Crippen molar-refractivity contribution in [3.05, 3.63) is 108 Å². The standard InChI is InChI=1S/C32H33FN4O5S/c1-41-28-8-5-7-26(21-28)35-43(39,40)31-20-23(10-15-29(31)34-22-24-6-3-4-9-30(24)42-2)32(38)37-18-16-36(17-19-37)27-13-11-25(33)12-14-27/h3-15,20-21,34-35H,16-19,22H2,1-2H3. The van der Waals surface area contributed by atoms with Crippen LogP contribution in [0.2, 0.25) is 0 Å². The zero-order valence-corrected chi connectivity index (χ0v) is 24.7. The molecule has 1 aliphatic heterocycles. The molecule has 5 rings (SSSR count). The van der Waals surface area contributed by atoms with Crippen LogP contribution in [-0.2, 0) is 16.6 Å². The van der Waals surface area contributed by atoms with Gasteiger partial charge < -0.3 is 24.6 Å². The second kappa shape index (κ2) is 13.0. The highest BCUT2D eigenvalue weighted by molar-refractivity contribution is 7.92. The van der Waals surface area contributed by atoms with E-state index >= 15 is 0 Å². The predicted octanol–water partition coefficient (Wildman–Crippen LogP) is 5.22. The summed E-state index contributed by atoms with van der Waals surface area (Å²) in [5, 5.41) is 3.21. The van der Waals surface area contributed by atoms with Gasteiger partial charge in [0.25, 0.3) is 15.9 Å². The Balaban J connectivity index is 1.40. The van der Waals surface area contributed by atoms with Crippen LogP contribution < -0.4 is 24.4 Å². The lowest BCUT2D eigenvalue weighted by atomic mass is 10.1. The van der Waals surface area contributed by atoms with Crippen molar-refractivity contribution in [2.24, 2.45) is 0 Å². The fourth-order valence-corrected chi connectivity index (χ4v) is 6.22. The van der Waals surface area contributed by atoms with Crippen LogP contribution in [0.15, 0.2) is 95.9 Å². The van der Waals surface area contributed by atoms with E-state index in [0.717, 1.165) is 11.3 Å². The summed E-state index contributed by atoms with van der Waals surface area (Å²) in [6.07, 6.45) is 0. The highest BCUT2D eigenvalue weighted by Crippen LogP contribution is 2.29. The number of carbonyl (C=O) groups excluding carboxylic acids is 1. The number of anilines is 3. The number of methoxy groups -OCH3 is 2. The highest BCUT2D eigenvalue weighted by Gasteiger charge is 2.26. The van der Waals surface area contributed by atoms with Crippen molar-refractivity contribution < 1.29 is 27.1 Å². The highest BCUT2D eigenvalue weighted by atomic mass is 32.2. The van der Waals surface area contributed by atoms with Crippen LogP contribution in [0, 0.1) is 5.82 Å². The summed E-state index contributed by atoms with van der Waals surface area (Å²) < 4.78 is 54.1. The second-order valence-corrected chi connectivity index (χ2v) is 11.6. The molecule has 1 fully saturated rings. The maximum absolute atomic E-state index is 13.8. The van der Waals surface area contributed by atoms with E-state index in [1.165, 1.54) is 25.3 Å². The normalized spacial score (nSPS) is 13.4. The van der Waals surface area contributed by atoms with Crippen molar-refractivity contribution >= 4 is 33.0 Å². The molecule has 0 atom stereocenters. The number of halogens is 1. The van der Waals surface area contributed by atoms with E-state index in [0.29, 0.717) is 55.6 Å². The zero-order valence-electron chi connectivity index (χ0n) is 23.9. The number of ether oxygens (including phenoxy) is 2. The van der Waals surface area contributed by atoms with Gasteiger partial charge in [-0.05, 0) is 60.7 Å². The Bertz CT molecular complexity index is 1690. The number of sulfonamides is 1. The third kappa shape index (κ3) is 7.00. The van der Waals surface area contributed by atoms with Crippen LogP contribution in [0.3, 0.4) is 0 Å². The Morgan fingerprint density at radius 3 is 2.33 bits per heavy atom. The molecule has 4 aromatic carbocycles. The number of piperazine rings is 1. The van der Waals surface area contributed by atoms with Gasteiger partial charge in [-0.1, -0.05) is 24.3 Å². The van der Waals surface area contributed by atoms with Crippen molar-refractivity contribution in [1.82, 2.24) is 4.90 Å². The molecule has 0 aromatic heterocycles. The summed E-state index contributed by atoms with van der Waals surface area (Å²) in [5.41, 5.74) is 2.64. The van der Waals surface area contributed by atoms with Crippen LogP contribution in [-0.4, -0.2) is 59.6 Å². The summed E-state index contributed by atoms with van der Waals surface area (Å²) >= 11 is 0. The van der Waals surface area contributed by atoms with E-state index in [2.05, 4.69) is 14.9 Å². The number of rotatable bonds is 10. The number of nitrogens with one attached hydrogen (secondary N) is 2. The summed E-state index contributed by atoms with van der Waals surface area (Å²) in [6, 6.07) is 25.0. The molecule has 4 aromatic rings. The van der Waals surface area contributed by atoms with Gasteiger partial charge in [0, 0.05) is 55.6 Å². The molecule has 0 spiro atoms. The first-order valence-electron chi connectivity index (χ1n) is 13.7. The van der Waals surface area contributed by atoms with E-state index in [-0.39, 0.29) is 22.2 Å². The number of hydrogen-bond donors (Lipinski definition) is 2. The smallest absolute Gasteiger partial charge is 0.263 e. The second-order valence-electron chi connectivity index (χ2n) is 9.97. The molecule has 224 valence electrons. The van der Waals surface area contributed by atoms with Crippen molar-refractivity contribution in [2.45, 2.75) is 11.4 Å². The number of benzene rings is 4. The van der Waals surface area contributed by atoms with Gasteiger partial charge in [0.15, 0.2) is 0 Å². The van der Waals surface area contributed by atoms with Gasteiger partial charge in [-0.25, -0.2) is 12.8 Å². The van der Waals surface area contributed by atoms with Gasteiger partial charge in [0.2, 0.25) is 0 Å². The van der Waals surface area contributed by atoms with E-state index in [1.54, 1.807) is 60.5 Å². The summed E-state index contributed by atoms with van der Waals surface area (Å²) in [5.74, 6) is 0.594. The lowest BCUT2D eigenvalue weighted by Gasteiger charge is -2.36. The van der Waals surface area contributed by atoms with Crippen LogP contribution in [0.5, 0.6) is 11.5 Å². The van der Waals surface area contributed by atoms with Gasteiger partial charge in [-0.15, -0.1) is 0 Å². The minimum atomic E-state index is -4.13. The molecule has 0 radical (unpaired) electrons. The van der Waals surface area contributed by atoms with Crippen molar-refractivity contribution in [2.75, 3.05) is 55.3 Å². The average Bonchev–Trinajstić information content (AvgIpc) is 3.04. The molecular weight excluding hydrogens is 571 g/mol. The third-order valence-electron chi connectivity index (χ3n) is 7.26. The number of carbonyl (C=O) groups is 1. The van der Waals surface area contributed by atoms with E-state index in [1.807, 2.05) is 24.3 Å². The Morgan fingerprint density at radius 2 is 1.60 bits per heavy atom. The summed E-state index contributed by atoms with van der Waals surface area (Å²) in [7, 11) is -1.05. The molecule has 0 saturated carbocycles. The SMILES string of the molecule is COc1cccc(NS(=O)(=O)c2cc(C(=O)N3CCN(c4ccc(F)cc4)CC3)ccc2NCc2ccccc2OC)c1. The quantitative estimate of drug-likeness (QED) is 0.256. The minimum Gasteiger partial charge on any atom is -0.497 e. The van der Waals surface area contributed by atoms with Crippen LogP contribution in [0.4, 0.5) is 21.5 Å². The third-order valence-corrected chi connectivity index (χ3v) is 8.68. The molecule has 43 heavy (non-hydrogen) atoms. The van der Waals surface area contributed by atoms with Crippen LogP contribution in [0.25, 0.3) is 0 Å². The van der Waals surface area contributed by atoms with Gasteiger partial charge in [0.05, 0.1) is 25.6 Å². The Hall–Kier alpha value is -4.77. The maximum atomic E-state index is 13.8. The molecule has 0 unspecified atom stereocenters. The fourth-order valence-electron chi connectivity index (χ4n) is 4.96. The van der Waals surface area contributed by atoms with Gasteiger partial charge >= 0.3 is 0 Å². The van der Waals surface area contributed by atoms with Crippen LogP contribution in [0.1, 0.15) is 15.9 Å². The Morgan fingerprint density at radius 1 is 0.860 bits per heavy atom. The van der Waals surface area contributed by atoms with Gasteiger partial charge in [-0.2, -0.15) is 0 Å². The fraction of sp³-hybridized carbons (Fsp3) is 0.219. The van der Waals surface area contributed by atoms with E-state index < -0.39 is 10.0 Å². The van der Waals surface area contributed by atoms with Gasteiger partial charge in [0.1, 0.15) is 22.2 Å². The van der Waals surface area contributed by atoms with E-state index in [9.17, 15) is 17.6 Å². The zero-order chi connectivity index (χ0) is 30.4. The lowest BCUT2D eigenvalue weighted by Crippen LogP contribution is -2.48. The summed E-state index contributed by atoms with van der Waals surface area (Å²) in [6.45, 7) is 2.31. The van der Waals surface area contributed by atoms with Gasteiger partial charge in [-0.3, -0.25) is 9.52 Å². The monoisotopic (exact) mass is 604 g/mol. The minimum absolute atomic E-state index is 0.0685. The largest absolute Gasteiger partial charge is 0.497 e. The molecular formula is C32H33FN4O5S. The van der Waals surface area contributed by atoms with Crippen molar-refractivity contribution in [3.63, 3.8) is 0 Å². The number of amides is 1. The van der Waals surface area contributed by atoms with Crippen molar-refractivity contribution in [3.8, 4) is 11.5 Å². The first kappa shape index (κ1) is 29.7. The first-order valence-corrected chi connectivity index (χ1v) is 15.2. The number of hydrogen-bond acceptors (Lipinski definition) is 7. The predicted molar refractivity (Wildman–Crippen MR) is 165 cm³/mol. The number of para-hydroxylation sites is 1. The Kier molecular flexibility index (Phi) is 9.01.